The van der Waals surface area contributed by atoms with Crippen LogP contribution in [0.4, 0.5) is 10.5 Å². The van der Waals surface area contributed by atoms with Crippen LogP contribution in [0, 0.1) is 0 Å². The molecule has 0 saturated carbocycles. The lowest BCUT2D eigenvalue weighted by atomic mass is 10.00. The van der Waals surface area contributed by atoms with Crippen LogP contribution in [-0.2, 0) is 6.42 Å². The molecule has 0 atom stereocenters. The third-order valence-corrected chi connectivity index (χ3v) is 2.92. The molecule has 96 valence electrons. The number of amides is 1. The van der Waals surface area contributed by atoms with Crippen molar-refractivity contribution in [2.75, 3.05) is 26.0 Å². The molecule has 4 heteroatoms. The third kappa shape index (κ3) is 2.32. The van der Waals surface area contributed by atoms with E-state index in [1.165, 1.54) is 10.5 Å². The van der Waals surface area contributed by atoms with E-state index >= 15 is 0 Å². The van der Waals surface area contributed by atoms with Crippen LogP contribution in [0.15, 0.2) is 30.0 Å². The van der Waals surface area contributed by atoms with Gasteiger partial charge in [-0.2, -0.15) is 0 Å². The molecule has 0 unspecified atom stereocenters. The molecule has 1 aromatic rings. The third-order valence-electron chi connectivity index (χ3n) is 2.92. The van der Waals surface area contributed by atoms with E-state index in [9.17, 15) is 4.79 Å². The highest BCUT2D eigenvalue weighted by Gasteiger charge is 2.19. The first-order chi connectivity index (χ1) is 8.49. The van der Waals surface area contributed by atoms with E-state index in [1.807, 2.05) is 25.2 Å². The number of hydrogen-bond donors (Lipinski definition) is 0. The summed E-state index contributed by atoms with van der Waals surface area (Å²) in [5, 5.41) is 0. The first kappa shape index (κ1) is 12.5. The van der Waals surface area contributed by atoms with Crippen molar-refractivity contribution in [1.29, 1.82) is 0 Å². The molecule has 1 amide bonds. The predicted molar refractivity (Wildman–Crippen MR) is 72.0 cm³/mol. The second-order valence-electron chi connectivity index (χ2n) is 4.78. The Morgan fingerprint density at radius 2 is 2.11 bits per heavy atom. The minimum absolute atomic E-state index is 0.349. The number of carbonyl (C=O) groups is 1. The number of hydrogen-bond acceptors (Lipinski definition) is 3. The van der Waals surface area contributed by atoms with E-state index in [-0.39, 0.29) is 6.09 Å². The van der Waals surface area contributed by atoms with Crippen molar-refractivity contribution in [3.63, 3.8) is 0 Å². The molecule has 1 aliphatic rings. The summed E-state index contributed by atoms with van der Waals surface area (Å²) in [6.45, 7) is 2.07. The van der Waals surface area contributed by atoms with Crippen LogP contribution in [0.25, 0.3) is 0 Å². The van der Waals surface area contributed by atoms with Gasteiger partial charge in [0.1, 0.15) is 5.75 Å². The topological polar surface area (TPSA) is 32.8 Å². The van der Waals surface area contributed by atoms with Gasteiger partial charge in [0.25, 0.3) is 0 Å². The Balaban J connectivity index is 2.35. The number of fused-ring (bicyclic) bond motifs is 1. The number of carbonyl (C=O) groups excluding carboxylic acids is 1. The highest BCUT2D eigenvalue weighted by atomic mass is 16.6. The number of anilines is 1. The van der Waals surface area contributed by atoms with E-state index in [1.54, 1.807) is 14.1 Å². The van der Waals surface area contributed by atoms with E-state index < -0.39 is 0 Å². The Labute approximate surface area is 107 Å². The molecule has 0 fully saturated rings. The average Bonchev–Trinajstić information content (AvgIpc) is 2.29. The molecule has 1 heterocycles. The van der Waals surface area contributed by atoms with E-state index in [2.05, 4.69) is 18.0 Å². The molecule has 1 aliphatic heterocycles. The molecule has 2 rings (SSSR count). The van der Waals surface area contributed by atoms with Gasteiger partial charge in [0.15, 0.2) is 0 Å². The Bertz CT molecular complexity index is 507. The number of ether oxygens (including phenoxy) is 1. The summed E-state index contributed by atoms with van der Waals surface area (Å²) in [7, 11) is 5.35. The van der Waals surface area contributed by atoms with Crippen molar-refractivity contribution in [3.05, 3.63) is 35.5 Å². The molecule has 18 heavy (non-hydrogen) atoms. The molecule has 0 radical (unpaired) electrons. The summed E-state index contributed by atoms with van der Waals surface area (Å²) in [5.74, 6) is 0.644. The summed E-state index contributed by atoms with van der Waals surface area (Å²) in [6, 6.07) is 5.78. The van der Waals surface area contributed by atoms with Gasteiger partial charge in [-0.25, -0.2) is 4.79 Å². The van der Waals surface area contributed by atoms with Crippen LogP contribution in [0.2, 0.25) is 0 Å². The van der Waals surface area contributed by atoms with Crippen LogP contribution in [0.3, 0.4) is 0 Å². The van der Waals surface area contributed by atoms with Gasteiger partial charge in [-0.1, -0.05) is 11.6 Å². The fourth-order valence-corrected chi connectivity index (χ4v) is 2.07. The smallest absolute Gasteiger partial charge is 0.410 e. The van der Waals surface area contributed by atoms with E-state index in [0.717, 1.165) is 17.7 Å². The van der Waals surface area contributed by atoms with Crippen molar-refractivity contribution in [2.24, 2.45) is 0 Å². The van der Waals surface area contributed by atoms with Crippen molar-refractivity contribution < 1.29 is 9.53 Å². The zero-order chi connectivity index (χ0) is 13.3. The second-order valence-corrected chi connectivity index (χ2v) is 4.78. The van der Waals surface area contributed by atoms with Crippen molar-refractivity contribution in [1.82, 2.24) is 4.90 Å². The number of benzene rings is 1. The van der Waals surface area contributed by atoms with Crippen molar-refractivity contribution in [2.45, 2.75) is 13.3 Å². The monoisotopic (exact) mass is 246 g/mol. The maximum absolute atomic E-state index is 11.6. The Morgan fingerprint density at radius 1 is 1.39 bits per heavy atom. The second kappa shape index (κ2) is 4.72. The number of allylic oxidation sites excluding steroid dienone is 1. The first-order valence-electron chi connectivity index (χ1n) is 5.90. The van der Waals surface area contributed by atoms with Gasteiger partial charge in [0.2, 0.25) is 0 Å². The standard InChI is InChI=1S/C14H18N2O2/c1-10-8-11-12(16(4)9-10)6-5-7-13(11)18-14(17)15(2)3/h5-7,9H,8H2,1-4H3. The summed E-state index contributed by atoms with van der Waals surface area (Å²) < 4.78 is 5.40. The number of nitrogens with zero attached hydrogens (tertiary/aromatic N) is 2. The summed E-state index contributed by atoms with van der Waals surface area (Å²) >= 11 is 0. The fraction of sp³-hybridized carbons (Fsp3) is 0.357. The normalized spacial score (nSPS) is 13.8. The quantitative estimate of drug-likeness (QED) is 0.763. The highest BCUT2D eigenvalue weighted by Crippen LogP contribution is 2.34. The van der Waals surface area contributed by atoms with Gasteiger partial charge < -0.3 is 14.5 Å². The van der Waals surface area contributed by atoms with Crippen LogP contribution in [-0.4, -0.2) is 32.1 Å². The molecule has 0 spiro atoms. The SMILES string of the molecule is CC1=CN(C)c2cccc(OC(=O)N(C)C)c2C1. The van der Waals surface area contributed by atoms with Gasteiger partial charge in [-0.05, 0) is 19.1 Å². The molecule has 0 aromatic heterocycles. The fourth-order valence-electron chi connectivity index (χ4n) is 2.07. The van der Waals surface area contributed by atoms with Crippen molar-refractivity contribution >= 4 is 11.8 Å². The molecule has 0 bridgehead atoms. The summed E-state index contributed by atoms with van der Waals surface area (Å²) in [5.41, 5.74) is 3.40. The van der Waals surface area contributed by atoms with E-state index in [4.69, 9.17) is 4.74 Å². The zero-order valence-electron chi connectivity index (χ0n) is 11.2. The van der Waals surface area contributed by atoms with Crippen LogP contribution < -0.4 is 9.64 Å². The first-order valence-corrected chi connectivity index (χ1v) is 5.90. The van der Waals surface area contributed by atoms with Crippen LogP contribution >= 0.6 is 0 Å². The largest absolute Gasteiger partial charge is 0.414 e. The van der Waals surface area contributed by atoms with Gasteiger partial charge in [0.05, 0.1) is 0 Å². The van der Waals surface area contributed by atoms with E-state index in [0.29, 0.717) is 5.75 Å². The maximum atomic E-state index is 11.6. The van der Waals surface area contributed by atoms with Crippen LogP contribution in [0.5, 0.6) is 5.75 Å². The molecular weight excluding hydrogens is 228 g/mol. The lowest BCUT2D eigenvalue weighted by molar-refractivity contribution is 0.171. The maximum Gasteiger partial charge on any atom is 0.414 e. The molecule has 4 nitrogen and oxygen atoms in total. The molecular formula is C14H18N2O2. The van der Waals surface area contributed by atoms with Crippen molar-refractivity contribution in [3.8, 4) is 5.75 Å². The minimum atomic E-state index is -0.349. The zero-order valence-corrected chi connectivity index (χ0v) is 11.2. The lowest BCUT2D eigenvalue weighted by Gasteiger charge is -2.26. The Kier molecular flexibility index (Phi) is 3.28. The molecule has 0 aliphatic carbocycles. The molecule has 0 saturated heterocycles. The predicted octanol–water partition coefficient (Wildman–Crippen LogP) is 2.64. The highest BCUT2D eigenvalue weighted by molar-refractivity contribution is 5.73. The Hall–Kier alpha value is -1.97. The van der Waals surface area contributed by atoms with Gasteiger partial charge >= 0.3 is 6.09 Å². The average molecular weight is 246 g/mol. The van der Waals surface area contributed by atoms with Gasteiger partial charge in [0, 0.05) is 45.0 Å². The summed E-state index contributed by atoms with van der Waals surface area (Å²) in [6.07, 6.45) is 2.56. The van der Waals surface area contributed by atoms with Crippen LogP contribution in [0.1, 0.15) is 12.5 Å². The summed E-state index contributed by atoms with van der Waals surface area (Å²) in [4.78, 5) is 15.1. The number of rotatable bonds is 1. The molecule has 0 N–H and O–H groups in total. The molecule has 1 aromatic carbocycles. The lowest BCUT2D eigenvalue weighted by Crippen LogP contribution is -2.26. The minimum Gasteiger partial charge on any atom is -0.410 e. The van der Waals surface area contributed by atoms with Gasteiger partial charge in [-0.15, -0.1) is 0 Å². The van der Waals surface area contributed by atoms with Gasteiger partial charge in [-0.3, -0.25) is 0 Å². The Morgan fingerprint density at radius 3 is 2.78 bits per heavy atom.